The highest BCUT2D eigenvalue weighted by Gasteiger charge is 2.30. The Bertz CT molecular complexity index is 734. The molecular weight excluding hydrogens is 380 g/mol. The van der Waals surface area contributed by atoms with Crippen molar-refractivity contribution in [3.63, 3.8) is 0 Å². The van der Waals surface area contributed by atoms with Crippen LogP contribution in [-0.4, -0.2) is 47.8 Å². The molecule has 2 rings (SSSR count). The van der Waals surface area contributed by atoms with Crippen LogP contribution in [0.3, 0.4) is 0 Å². The molecule has 0 saturated heterocycles. The van der Waals surface area contributed by atoms with Gasteiger partial charge in [-0.05, 0) is 56.0 Å². The lowest BCUT2D eigenvalue weighted by Gasteiger charge is -2.36. The summed E-state index contributed by atoms with van der Waals surface area (Å²) in [5.74, 6) is 0.742. The Morgan fingerprint density at radius 3 is 2.23 bits per heavy atom. The van der Waals surface area contributed by atoms with Crippen LogP contribution in [-0.2, 0) is 14.4 Å². The first-order valence-electron chi connectivity index (χ1n) is 10.9. The number of hydrogen-bond acceptors (Lipinski definition) is 4. The molecule has 0 aromatic heterocycles. The highest BCUT2D eigenvalue weighted by Crippen LogP contribution is 2.29. The Morgan fingerprint density at radius 1 is 1.07 bits per heavy atom. The standard InChI is InChI=1S/C23H36N4O3/c1-6-27(17(4)23(30)26-21-9-7-8-15(2)16(21)3)14-22(29)25-20-12-10-19(11-13-20)24-18(5)28/h10-13,15-17,21H,6-9,14H2,1-5H3,(H,24,28)(H,25,29)(H,26,30)/t15-,16-,17+,21+/m0/s1. The quantitative estimate of drug-likeness (QED) is 0.607. The smallest absolute Gasteiger partial charge is 0.238 e. The molecule has 1 saturated carbocycles. The average molecular weight is 417 g/mol. The van der Waals surface area contributed by atoms with E-state index in [-0.39, 0.29) is 36.3 Å². The van der Waals surface area contributed by atoms with Crippen molar-refractivity contribution in [1.29, 1.82) is 0 Å². The summed E-state index contributed by atoms with van der Waals surface area (Å²) in [5, 5.41) is 8.75. The van der Waals surface area contributed by atoms with Crippen molar-refractivity contribution in [2.75, 3.05) is 23.7 Å². The zero-order chi connectivity index (χ0) is 22.3. The summed E-state index contributed by atoms with van der Waals surface area (Å²) >= 11 is 0. The zero-order valence-electron chi connectivity index (χ0n) is 18.8. The van der Waals surface area contributed by atoms with Crippen LogP contribution in [0.5, 0.6) is 0 Å². The maximum atomic E-state index is 12.8. The number of rotatable bonds is 8. The molecule has 7 nitrogen and oxygen atoms in total. The van der Waals surface area contributed by atoms with Crippen LogP contribution >= 0.6 is 0 Å². The number of carbonyl (C=O) groups excluding carboxylic acids is 3. The van der Waals surface area contributed by atoms with Gasteiger partial charge in [-0.2, -0.15) is 0 Å². The molecule has 0 spiro atoms. The molecule has 3 amide bonds. The molecule has 1 aliphatic carbocycles. The number of benzene rings is 1. The van der Waals surface area contributed by atoms with Crippen molar-refractivity contribution in [1.82, 2.24) is 10.2 Å². The van der Waals surface area contributed by atoms with Crippen LogP contribution in [0.15, 0.2) is 24.3 Å². The van der Waals surface area contributed by atoms with Gasteiger partial charge in [0.25, 0.3) is 0 Å². The second-order valence-corrected chi connectivity index (χ2v) is 8.43. The summed E-state index contributed by atoms with van der Waals surface area (Å²) in [6.45, 7) is 10.4. The van der Waals surface area contributed by atoms with Gasteiger partial charge < -0.3 is 16.0 Å². The number of nitrogens with one attached hydrogen (secondary N) is 3. The number of hydrogen-bond donors (Lipinski definition) is 3. The lowest BCUT2D eigenvalue weighted by atomic mass is 9.78. The van der Waals surface area contributed by atoms with Crippen LogP contribution in [0, 0.1) is 11.8 Å². The van der Waals surface area contributed by atoms with Crippen molar-refractivity contribution >= 4 is 29.1 Å². The predicted molar refractivity (Wildman–Crippen MR) is 120 cm³/mol. The van der Waals surface area contributed by atoms with Crippen LogP contribution in [0.2, 0.25) is 0 Å². The normalized spacial score (nSPS) is 22.3. The third-order valence-corrected chi connectivity index (χ3v) is 6.20. The zero-order valence-corrected chi connectivity index (χ0v) is 18.8. The van der Waals surface area contributed by atoms with Crippen LogP contribution < -0.4 is 16.0 Å². The van der Waals surface area contributed by atoms with E-state index in [1.165, 1.54) is 13.3 Å². The maximum absolute atomic E-state index is 12.8. The third kappa shape index (κ3) is 6.83. The number of carbonyl (C=O) groups is 3. The molecule has 1 aliphatic rings. The minimum absolute atomic E-state index is 0.0183. The summed E-state index contributed by atoms with van der Waals surface area (Å²) in [4.78, 5) is 38.3. The van der Waals surface area contributed by atoms with E-state index >= 15 is 0 Å². The molecule has 0 heterocycles. The summed E-state index contributed by atoms with van der Waals surface area (Å²) < 4.78 is 0. The van der Waals surface area contributed by atoms with Crippen molar-refractivity contribution in [2.24, 2.45) is 11.8 Å². The number of anilines is 2. The lowest BCUT2D eigenvalue weighted by Crippen LogP contribution is -2.52. The SMILES string of the molecule is CCN(CC(=O)Nc1ccc(NC(C)=O)cc1)[C@H](C)C(=O)N[C@@H]1CCC[C@H](C)[C@@H]1C. The van der Waals surface area contributed by atoms with Gasteiger partial charge >= 0.3 is 0 Å². The third-order valence-electron chi connectivity index (χ3n) is 6.20. The number of amides is 3. The van der Waals surface area contributed by atoms with Crippen molar-refractivity contribution in [2.45, 2.75) is 66.0 Å². The van der Waals surface area contributed by atoms with E-state index in [1.807, 2.05) is 18.7 Å². The average Bonchev–Trinajstić information content (AvgIpc) is 2.70. The molecule has 166 valence electrons. The Balaban J connectivity index is 1.89. The summed E-state index contributed by atoms with van der Waals surface area (Å²) in [5.41, 5.74) is 1.32. The molecule has 7 heteroatoms. The molecule has 1 aromatic rings. The minimum atomic E-state index is -0.382. The van der Waals surface area contributed by atoms with Crippen LogP contribution in [0.1, 0.15) is 53.9 Å². The first-order chi connectivity index (χ1) is 14.2. The van der Waals surface area contributed by atoms with Gasteiger partial charge in [0.05, 0.1) is 12.6 Å². The van der Waals surface area contributed by atoms with Gasteiger partial charge in [-0.15, -0.1) is 0 Å². The van der Waals surface area contributed by atoms with E-state index in [0.29, 0.717) is 29.8 Å². The van der Waals surface area contributed by atoms with Gasteiger partial charge in [0, 0.05) is 24.3 Å². The van der Waals surface area contributed by atoms with Crippen molar-refractivity contribution in [3.8, 4) is 0 Å². The van der Waals surface area contributed by atoms with Crippen LogP contribution in [0.4, 0.5) is 11.4 Å². The molecule has 3 N–H and O–H groups in total. The molecule has 0 bridgehead atoms. The second kappa shape index (κ2) is 11.1. The van der Waals surface area contributed by atoms with Gasteiger partial charge in [0.2, 0.25) is 17.7 Å². The second-order valence-electron chi connectivity index (χ2n) is 8.43. The van der Waals surface area contributed by atoms with E-state index in [0.717, 1.165) is 12.8 Å². The first kappa shape index (κ1) is 23.9. The van der Waals surface area contributed by atoms with Crippen molar-refractivity contribution in [3.05, 3.63) is 24.3 Å². The first-order valence-corrected chi connectivity index (χ1v) is 10.9. The topological polar surface area (TPSA) is 90.5 Å². The predicted octanol–water partition coefficient (Wildman–Crippen LogP) is 3.23. The Labute approximate surface area is 180 Å². The van der Waals surface area contributed by atoms with Gasteiger partial charge in [-0.1, -0.05) is 33.6 Å². The fourth-order valence-electron chi connectivity index (χ4n) is 4.00. The highest BCUT2D eigenvalue weighted by molar-refractivity contribution is 5.93. The molecule has 0 radical (unpaired) electrons. The summed E-state index contributed by atoms with van der Waals surface area (Å²) in [7, 11) is 0. The minimum Gasteiger partial charge on any atom is -0.352 e. The lowest BCUT2D eigenvalue weighted by molar-refractivity contribution is -0.128. The Morgan fingerprint density at radius 2 is 1.67 bits per heavy atom. The Kier molecular flexibility index (Phi) is 8.84. The summed E-state index contributed by atoms with van der Waals surface area (Å²) in [6, 6.07) is 6.77. The molecule has 4 atom stereocenters. The van der Waals surface area contributed by atoms with Gasteiger partial charge in [0.15, 0.2) is 0 Å². The van der Waals surface area contributed by atoms with Gasteiger partial charge in [-0.25, -0.2) is 0 Å². The van der Waals surface area contributed by atoms with Gasteiger partial charge in [-0.3, -0.25) is 19.3 Å². The molecule has 0 aliphatic heterocycles. The van der Waals surface area contributed by atoms with Crippen molar-refractivity contribution < 1.29 is 14.4 Å². The number of nitrogens with zero attached hydrogens (tertiary/aromatic N) is 1. The summed E-state index contributed by atoms with van der Waals surface area (Å²) in [6.07, 6.45) is 3.38. The largest absolute Gasteiger partial charge is 0.352 e. The fraction of sp³-hybridized carbons (Fsp3) is 0.609. The fourth-order valence-corrected chi connectivity index (χ4v) is 4.00. The number of likely N-dealkylation sites (N-methyl/N-ethyl adjacent to an activating group) is 1. The Hall–Kier alpha value is -2.41. The molecule has 1 aromatic carbocycles. The maximum Gasteiger partial charge on any atom is 0.238 e. The monoisotopic (exact) mass is 416 g/mol. The molecule has 0 unspecified atom stereocenters. The van der Waals surface area contributed by atoms with E-state index in [1.54, 1.807) is 24.3 Å². The van der Waals surface area contributed by atoms with E-state index < -0.39 is 0 Å². The van der Waals surface area contributed by atoms with Crippen LogP contribution in [0.25, 0.3) is 0 Å². The molecule has 1 fully saturated rings. The van der Waals surface area contributed by atoms with E-state index in [9.17, 15) is 14.4 Å². The molecular formula is C23H36N4O3. The highest BCUT2D eigenvalue weighted by atomic mass is 16.2. The van der Waals surface area contributed by atoms with E-state index in [2.05, 4.69) is 29.8 Å². The van der Waals surface area contributed by atoms with Gasteiger partial charge in [0.1, 0.15) is 0 Å². The van der Waals surface area contributed by atoms with E-state index in [4.69, 9.17) is 0 Å². The molecule has 30 heavy (non-hydrogen) atoms.